The third kappa shape index (κ3) is 17.0. The standard InChI is InChI=1S/C66H68O34/c67-23-43-50(78)54(82)58(86)64(96-43)94-41-21-32(69)20-40-33(41)22-42(61(92-40)30-7-9-31(68)10-8-30)95-66-62(100-65-60(88)56(84)52(80)45(98-65)25-90-48(76)15-5-28-2-12-35(71)37(73)18-28)57(85)53(81)46(99-66)26-91-49(77)16-6-29-3-13-39(38(74)19-29)93-63-59(87)55(83)51(79)44(97-63)24-89-47(75)14-4-27-1-11-34(70)36(72)17-27/h1-22,43-46,50-60,62-68,70-74,78-88H,23-26H2/b14-4?,15-5?,16-6+/t43-,44-,45-,46-,50-,51-,52-,53-,54+,55+,56+,57+,58-,59-,60-,62-,63-,64-,65+,66-/m1/s1. The molecule has 0 unspecified atom stereocenters. The lowest BCUT2D eigenvalue weighted by Gasteiger charge is -2.46. The number of hydrogen-bond acceptors (Lipinski definition) is 34. The van der Waals surface area contributed by atoms with E-state index in [4.69, 9.17) is 56.5 Å². The van der Waals surface area contributed by atoms with Crippen LogP contribution < -0.4 is 19.6 Å². The van der Waals surface area contributed by atoms with Gasteiger partial charge in [0.05, 0.1) is 12.2 Å². The van der Waals surface area contributed by atoms with Crippen molar-refractivity contribution in [3.05, 3.63) is 142 Å². The first-order valence-electron chi connectivity index (χ1n) is 30.3. The van der Waals surface area contributed by atoms with E-state index in [1.54, 1.807) is 0 Å². The van der Waals surface area contributed by atoms with E-state index in [0.29, 0.717) is 5.56 Å². The second-order valence-electron chi connectivity index (χ2n) is 23.1. The molecule has 4 saturated heterocycles. The van der Waals surface area contributed by atoms with Gasteiger partial charge in [-0.05, 0) is 102 Å². The molecule has 4 aromatic rings. The summed E-state index contributed by atoms with van der Waals surface area (Å²) in [5.41, 5.74) is -0.158. The van der Waals surface area contributed by atoms with Crippen LogP contribution in [0.4, 0.5) is 0 Å². The zero-order chi connectivity index (χ0) is 72.0. The van der Waals surface area contributed by atoms with Crippen LogP contribution >= 0.6 is 0 Å². The lowest BCUT2D eigenvalue weighted by atomic mass is 9.97. The zero-order valence-corrected chi connectivity index (χ0v) is 51.7. The largest absolute Gasteiger partial charge is 0.508 e. The summed E-state index contributed by atoms with van der Waals surface area (Å²) in [6, 6.07) is 19.1. The van der Waals surface area contributed by atoms with Crippen molar-refractivity contribution in [1.29, 1.82) is 0 Å². The second-order valence-corrected chi connectivity index (χ2v) is 23.1. The molecule has 0 amide bonds. The summed E-state index contributed by atoms with van der Waals surface area (Å²) in [5.74, 6) is -7.52. The summed E-state index contributed by atoms with van der Waals surface area (Å²) >= 11 is 0. The molecule has 0 aromatic heterocycles. The van der Waals surface area contributed by atoms with Gasteiger partial charge in [0.15, 0.2) is 63.8 Å². The Kier molecular flexibility index (Phi) is 23.2. The predicted octanol–water partition coefficient (Wildman–Crippen LogP) is -2.20. The maximum absolute atomic E-state index is 13.4. The first-order valence-corrected chi connectivity index (χ1v) is 30.3. The molecule has 10 rings (SSSR count). The SMILES string of the molecule is O=C(C=Cc1ccc(O)c(O)c1)OC[C@H]1O[C@@H](Oc2ccc(/C=C/C(=O)OC[C@H]3O[C@@H](Oc4cc5c(O[C@@H]6O[C@H](CO)[C@@H](O)[C@H](O)[C@H]6O)cc(=O)cc-5oc4-c4ccc(O)cc4)[C@H](O[C@@H]4O[C@H](COC(=O)C=Cc5ccc(O)c(O)c5)[C@@H](O)[C@H](O)[C@H]4O)[C@@H](O)[C@@H]3O)cc2O)[C@H](O)[C@@H](O)[C@@H]1O. The fourth-order valence-electron chi connectivity index (χ4n) is 10.6. The Bertz CT molecular complexity index is 3970. The van der Waals surface area contributed by atoms with Gasteiger partial charge in [0.1, 0.15) is 129 Å². The Hall–Kier alpha value is -9.54. The molecular formula is C66H68O34. The summed E-state index contributed by atoms with van der Waals surface area (Å²) in [6.07, 6.45) is -32.3. The molecule has 18 N–H and O–H groups in total. The van der Waals surface area contributed by atoms with Gasteiger partial charge in [0, 0.05) is 35.9 Å². The number of phenols is 6. The molecule has 0 bridgehead atoms. The number of aromatic hydroxyl groups is 6. The topological polar surface area (TPSA) is 547 Å². The highest BCUT2D eigenvalue weighted by Crippen LogP contribution is 2.44. The van der Waals surface area contributed by atoms with Crippen LogP contribution in [-0.4, -0.2) is 259 Å². The molecule has 34 nitrogen and oxygen atoms in total. The van der Waals surface area contributed by atoms with Crippen molar-refractivity contribution in [1.82, 2.24) is 0 Å². The number of phenolic OH excluding ortho intramolecular Hbond substituents is 6. The Labute approximate surface area is 563 Å². The monoisotopic (exact) mass is 1400 g/mol. The van der Waals surface area contributed by atoms with Gasteiger partial charge >= 0.3 is 17.9 Å². The van der Waals surface area contributed by atoms with E-state index in [1.165, 1.54) is 72.8 Å². The molecule has 0 spiro atoms. The highest BCUT2D eigenvalue weighted by molar-refractivity contribution is 5.88. The minimum atomic E-state index is -2.25. The van der Waals surface area contributed by atoms with Crippen molar-refractivity contribution in [2.24, 2.45) is 0 Å². The van der Waals surface area contributed by atoms with Gasteiger partial charge in [-0.1, -0.05) is 18.2 Å². The fourth-order valence-corrected chi connectivity index (χ4v) is 10.6. The fraction of sp³-hybridized carbons (Fsp3) is 0.364. The molecule has 0 saturated carbocycles. The number of aliphatic hydroxyl groups excluding tert-OH is 12. The number of carbonyl (C=O) groups excluding carboxylic acids is 3. The van der Waals surface area contributed by atoms with Crippen LogP contribution in [0.5, 0.6) is 51.7 Å². The van der Waals surface area contributed by atoms with Gasteiger partial charge < -0.3 is 148 Å². The summed E-state index contributed by atoms with van der Waals surface area (Å²) < 4.78 is 69.2. The van der Waals surface area contributed by atoms with E-state index < -0.39 is 213 Å². The molecule has 100 heavy (non-hydrogen) atoms. The third-order valence-electron chi connectivity index (χ3n) is 16.2. The van der Waals surface area contributed by atoms with Crippen LogP contribution in [-0.2, 0) is 52.3 Å². The summed E-state index contributed by atoms with van der Waals surface area (Å²) in [6.45, 7) is -3.29. The van der Waals surface area contributed by atoms with Crippen molar-refractivity contribution in [3.8, 4) is 74.4 Å². The maximum atomic E-state index is 13.4. The normalized spacial score (nSPS) is 30.1. The number of aliphatic hydroxyl groups is 12. The second kappa shape index (κ2) is 31.8. The summed E-state index contributed by atoms with van der Waals surface area (Å²) in [5, 5.41) is 191. The quantitative estimate of drug-likeness (QED) is 0.0148. The van der Waals surface area contributed by atoms with Crippen LogP contribution in [0, 0.1) is 0 Å². The van der Waals surface area contributed by atoms with Gasteiger partial charge in [-0.25, -0.2) is 14.4 Å². The van der Waals surface area contributed by atoms with E-state index in [1.807, 2.05) is 0 Å². The molecule has 4 aromatic carbocycles. The van der Waals surface area contributed by atoms with Gasteiger partial charge in [-0.15, -0.1) is 0 Å². The minimum Gasteiger partial charge on any atom is -0.508 e. The Morgan fingerprint density at radius 3 is 1.31 bits per heavy atom. The van der Waals surface area contributed by atoms with Crippen molar-refractivity contribution in [2.45, 2.75) is 123 Å². The number of fused-ring (bicyclic) bond motifs is 1. The molecule has 34 heteroatoms. The number of rotatable bonds is 22. The number of carbonyl (C=O) groups is 3. The highest BCUT2D eigenvalue weighted by Gasteiger charge is 2.53. The number of ether oxygens (including phenoxy) is 11. The molecule has 6 aliphatic rings. The molecule has 1 aliphatic carbocycles. The number of hydrogen-bond donors (Lipinski definition) is 18. The van der Waals surface area contributed by atoms with Crippen LogP contribution in [0.25, 0.3) is 40.9 Å². The average molecular weight is 1410 g/mol. The Morgan fingerprint density at radius 2 is 0.820 bits per heavy atom. The smallest absolute Gasteiger partial charge is 0.330 e. The average Bonchev–Trinajstić information content (AvgIpc) is 0.767. The lowest BCUT2D eigenvalue weighted by Crippen LogP contribution is -2.65. The van der Waals surface area contributed by atoms with E-state index in [0.717, 1.165) is 60.7 Å². The molecule has 0 radical (unpaired) electrons. The maximum Gasteiger partial charge on any atom is 0.330 e. The Balaban J connectivity index is 0.876. The summed E-state index contributed by atoms with van der Waals surface area (Å²) in [4.78, 5) is 52.0. The molecule has 20 atom stereocenters. The Morgan fingerprint density at radius 1 is 0.400 bits per heavy atom. The lowest BCUT2D eigenvalue weighted by molar-refractivity contribution is -0.358. The van der Waals surface area contributed by atoms with E-state index in [-0.39, 0.29) is 45.3 Å². The van der Waals surface area contributed by atoms with Gasteiger partial charge in [-0.3, -0.25) is 4.79 Å². The first kappa shape index (κ1) is 73.2. The number of benzene rings is 5. The van der Waals surface area contributed by atoms with Crippen LogP contribution in [0.15, 0.2) is 125 Å². The third-order valence-corrected chi connectivity index (χ3v) is 16.2. The minimum absolute atomic E-state index is 0.103. The zero-order valence-electron chi connectivity index (χ0n) is 51.7. The molecule has 5 aliphatic heterocycles. The molecule has 5 heterocycles. The van der Waals surface area contributed by atoms with Crippen molar-refractivity contribution in [2.75, 3.05) is 26.4 Å². The van der Waals surface area contributed by atoms with Crippen molar-refractivity contribution in [3.63, 3.8) is 0 Å². The first-order chi connectivity index (χ1) is 47.6. The van der Waals surface area contributed by atoms with Crippen molar-refractivity contribution < 1.29 is 163 Å². The van der Waals surface area contributed by atoms with Crippen LogP contribution in [0.2, 0.25) is 0 Å². The van der Waals surface area contributed by atoms with Gasteiger partial charge in [0.25, 0.3) is 0 Å². The van der Waals surface area contributed by atoms with Gasteiger partial charge in [-0.2, -0.15) is 0 Å². The number of esters is 3. The van der Waals surface area contributed by atoms with Crippen LogP contribution in [0.1, 0.15) is 16.7 Å². The van der Waals surface area contributed by atoms with E-state index in [2.05, 4.69) is 0 Å². The van der Waals surface area contributed by atoms with E-state index >= 15 is 0 Å². The summed E-state index contributed by atoms with van der Waals surface area (Å²) in [7, 11) is 0. The van der Waals surface area contributed by atoms with E-state index in [9.17, 15) is 111 Å². The molecule has 536 valence electrons. The molecule has 4 fully saturated rings. The predicted molar refractivity (Wildman–Crippen MR) is 331 cm³/mol. The highest BCUT2D eigenvalue weighted by atomic mass is 16.8. The van der Waals surface area contributed by atoms with Crippen molar-refractivity contribution >= 4 is 36.1 Å². The van der Waals surface area contributed by atoms with Crippen LogP contribution in [0.3, 0.4) is 0 Å². The van der Waals surface area contributed by atoms with Gasteiger partial charge in [0.2, 0.25) is 18.9 Å². The molecular weight excluding hydrogens is 1340 g/mol.